The van der Waals surface area contributed by atoms with E-state index in [1.165, 1.54) is 32.1 Å². The molecular weight excluding hydrogens is 679 g/mol. The lowest BCUT2D eigenvalue weighted by Crippen LogP contribution is -2.58. The van der Waals surface area contributed by atoms with Crippen LogP contribution in [0.5, 0.6) is 0 Å². The number of ether oxygens (including phenoxy) is 1. The molecule has 0 saturated carbocycles. The maximum absolute atomic E-state index is 13.3. The quantitative estimate of drug-likeness (QED) is 0.0738. The number of fused-ring (bicyclic) bond motifs is 1. The molecule has 5 aromatic rings. The molecule has 11 heteroatoms. The third kappa shape index (κ3) is 9.91. The van der Waals surface area contributed by atoms with Crippen molar-refractivity contribution < 1.29 is 23.6 Å². The van der Waals surface area contributed by atoms with E-state index < -0.39 is 0 Å². The van der Waals surface area contributed by atoms with Gasteiger partial charge in [-0.05, 0) is 60.4 Å². The normalized spacial score (nSPS) is 14.0. The first-order chi connectivity index (χ1) is 26.2. The van der Waals surface area contributed by atoms with E-state index in [2.05, 4.69) is 33.9 Å². The highest BCUT2D eigenvalue weighted by molar-refractivity contribution is 6.07. The van der Waals surface area contributed by atoms with Crippen molar-refractivity contribution in [2.45, 2.75) is 39.0 Å². The topological polar surface area (TPSA) is 119 Å². The fourth-order valence-corrected chi connectivity index (χ4v) is 7.07. The van der Waals surface area contributed by atoms with Gasteiger partial charge in [0.05, 0.1) is 49.7 Å². The number of hydrogen-bond donors (Lipinski definition) is 3. The largest absolute Gasteiger partial charge is 0.370 e. The molecule has 0 aliphatic carbocycles. The van der Waals surface area contributed by atoms with E-state index in [0.717, 1.165) is 65.9 Å². The summed E-state index contributed by atoms with van der Waals surface area (Å²) < 4.78 is 10.0. The summed E-state index contributed by atoms with van der Waals surface area (Å²) in [6.07, 6.45) is 15.5. The Morgan fingerprint density at radius 2 is 1.41 bits per heavy atom. The van der Waals surface area contributed by atoms with Crippen LogP contribution in [0, 0.1) is 0 Å². The number of amides is 3. The molecule has 1 fully saturated rings. The van der Waals surface area contributed by atoms with Crippen LogP contribution in [0.25, 0.3) is 23.1 Å². The molecule has 0 bridgehead atoms. The molecule has 54 heavy (non-hydrogen) atoms. The predicted octanol–water partition coefficient (Wildman–Crippen LogP) is 7.13. The molecule has 11 nitrogen and oxygen atoms in total. The Balaban J connectivity index is 0.997. The number of benzene rings is 2. The monoisotopic (exact) mass is 730 g/mol. The van der Waals surface area contributed by atoms with Gasteiger partial charge in [-0.15, -0.1) is 0 Å². The second kappa shape index (κ2) is 18.0. The van der Waals surface area contributed by atoms with Gasteiger partial charge in [-0.3, -0.25) is 19.4 Å². The second-order valence-electron chi connectivity index (χ2n) is 14.3. The SMILES string of the molecule is CCCCCCC[N+]1(CCNC(=O)c2cc(NC(=O)c3cc(NC(=O)c4ccc(/C=C/c5cnc6ccccc6c5)cc4)cn3C)cn2C)CCOCC1. The number of morpholine rings is 1. The van der Waals surface area contributed by atoms with Crippen LogP contribution >= 0.6 is 0 Å². The number of pyridine rings is 1. The molecule has 3 aromatic heterocycles. The van der Waals surface area contributed by atoms with E-state index in [1.54, 1.807) is 59.9 Å². The van der Waals surface area contributed by atoms with E-state index in [0.29, 0.717) is 34.9 Å². The van der Waals surface area contributed by atoms with E-state index in [9.17, 15) is 14.4 Å². The molecule has 2 aromatic carbocycles. The predicted molar refractivity (Wildman–Crippen MR) is 215 cm³/mol. The van der Waals surface area contributed by atoms with Gasteiger partial charge in [0.25, 0.3) is 17.7 Å². The van der Waals surface area contributed by atoms with E-state index in [-0.39, 0.29) is 17.7 Å². The highest BCUT2D eigenvalue weighted by Gasteiger charge is 2.30. The lowest BCUT2D eigenvalue weighted by atomic mass is 10.1. The van der Waals surface area contributed by atoms with Gasteiger partial charge in [0.2, 0.25) is 0 Å². The average Bonchev–Trinajstić information content (AvgIpc) is 3.74. The minimum Gasteiger partial charge on any atom is -0.370 e. The zero-order valence-electron chi connectivity index (χ0n) is 31.6. The number of nitrogens with one attached hydrogen (secondary N) is 3. The second-order valence-corrected chi connectivity index (χ2v) is 14.3. The van der Waals surface area contributed by atoms with Gasteiger partial charge in [0, 0.05) is 43.6 Å². The van der Waals surface area contributed by atoms with Crippen molar-refractivity contribution in [1.82, 2.24) is 19.4 Å². The summed E-state index contributed by atoms with van der Waals surface area (Å²) in [5.41, 5.74) is 5.22. The Labute approximate surface area is 317 Å². The van der Waals surface area contributed by atoms with E-state index in [1.807, 2.05) is 54.7 Å². The minimum absolute atomic E-state index is 0.178. The van der Waals surface area contributed by atoms with Crippen molar-refractivity contribution in [2.24, 2.45) is 14.1 Å². The summed E-state index contributed by atoms with van der Waals surface area (Å²) in [6.45, 7) is 8.27. The average molecular weight is 731 g/mol. The van der Waals surface area contributed by atoms with Crippen molar-refractivity contribution in [3.8, 4) is 0 Å². The molecule has 1 aliphatic heterocycles. The molecule has 3 amide bonds. The first-order valence-electron chi connectivity index (χ1n) is 19.0. The molecule has 4 heterocycles. The van der Waals surface area contributed by atoms with Crippen LogP contribution in [-0.4, -0.2) is 82.3 Å². The number of para-hydroxylation sites is 1. The Morgan fingerprint density at radius 1 is 0.759 bits per heavy atom. The number of nitrogens with zero attached hydrogens (tertiary/aromatic N) is 4. The summed E-state index contributed by atoms with van der Waals surface area (Å²) in [4.78, 5) is 44.1. The molecule has 0 radical (unpaired) electrons. The summed E-state index contributed by atoms with van der Waals surface area (Å²) in [5.74, 6) is -0.817. The van der Waals surface area contributed by atoms with Crippen molar-refractivity contribution in [3.05, 3.63) is 113 Å². The number of anilines is 2. The van der Waals surface area contributed by atoms with E-state index >= 15 is 0 Å². The van der Waals surface area contributed by atoms with Crippen molar-refractivity contribution in [1.29, 1.82) is 0 Å². The van der Waals surface area contributed by atoms with Gasteiger partial charge >= 0.3 is 0 Å². The maximum Gasteiger partial charge on any atom is 0.272 e. The van der Waals surface area contributed by atoms with Gasteiger partial charge in [-0.25, -0.2) is 0 Å². The Kier molecular flexibility index (Phi) is 12.7. The van der Waals surface area contributed by atoms with Crippen molar-refractivity contribution in [2.75, 3.05) is 56.6 Å². The Morgan fingerprint density at radius 3 is 2.13 bits per heavy atom. The third-order valence-electron chi connectivity index (χ3n) is 10.3. The number of aromatic nitrogens is 3. The zero-order valence-corrected chi connectivity index (χ0v) is 31.6. The number of unbranched alkanes of at least 4 members (excludes halogenated alkanes) is 4. The first kappa shape index (κ1) is 38.2. The summed E-state index contributed by atoms with van der Waals surface area (Å²) >= 11 is 0. The number of quaternary nitrogens is 1. The standard InChI is InChI=1S/C43H51N7O4/c1-4-5-6-7-10-20-50(22-24-54-25-23-50)21-19-44-42(52)39-27-37(31-48(39)2)47-43(53)40-28-36(30-49(40)3)46-41(51)34-17-15-32(16-18-34)13-14-33-26-35-11-8-9-12-38(35)45-29-33/h8-9,11-18,26-31H,4-7,10,19-25H2,1-3H3,(H2-,44,46,47,51,52,53)/p+1/b14-13+. The van der Waals surface area contributed by atoms with Crippen LogP contribution in [0.15, 0.2) is 85.3 Å². The summed E-state index contributed by atoms with van der Waals surface area (Å²) in [7, 11) is 3.54. The first-order valence-corrected chi connectivity index (χ1v) is 19.0. The van der Waals surface area contributed by atoms with Crippen molar-refractivity contribution >= 4 is 52.2 Å². The van der Waals surface area contributed by atoms with Crippen LogP contribution in [0.3, 0.4) is 0 Å². The molecule has 0 unspecified atom stereocenters. The molecule has 0 atom stereocenters. The summed E-state index contributed by atoms with van der Waals surface area (Å²) in [5, 5.41) is 9.98. The number of aryl methyl sites for hydroxylation is 2. The molecule has 1 saturated heterocycles. The van der Waals surface area contributed by atoms with Gasteiger partial charge in [-0.2, -0.15) is 0 Å². The zero-order chi connectivity index (χ0) is 37.9. The summed E-state index contributed by atoms with van der Waals surface area (Å²) in [6, 6.07) is 20.7. The Bertz CT molecular complexity index is 2090. The molecule has 1 aliphatic rings. The molecule has 0 spiro atoms. The number of carbonyl (C=O) groups is 3. The fraction of sp³-hybridized carbons (Fsp3) is 0.349. The molecule has 282 valence electrons. The van der Waals surface area contributed by atoms with Gasteiger partial charge in [-0.1, -0.05) is 68.7 Å². The highest BCUT2D eigenvalue weighted by Crippen LogP contribution is 2.20. The van der Waals surface area contributed by atoms with Crippen LogP contribution in [0.2, 0.25) is 0 Å². The van der Waals surface area contributed by atoms with E-state index in [4.69, 9.17) is 4.74 Å². The Hall–Kier alpha value is -5.52. The van der Waals surface area contributed by atoms with Crippen LogP contribution in [-0.2, 0) is 18.8 Å². The van der Waals surface area contributed by atoms with Crippen molar-refractivity contribution in [3.63, 3.8) is 0 Å². The lowest BCUT2D eigenvalue weighted by molar-refractivity contribution is -0.934. The maximum atomic E-state index is 13.3. The van der Waals surface area contributed by atoms with Gasteiger partial charge < -0.3 is 34.3 Å². The number of carbonyl (C=O) groups excluding carboxylic acids is 3. The smallest absolute Gasteiger partial charge is 0.272 e. The van der Waals surface area contributed by atoms with Crippen LogP contribution in [0.4, 0.5) is 11.4 Å². The molecule has 3 N–H and O–H groups in total. The lowest BCUT2D eigenvalue weighted by Gasteiger charge is -2.41. The minimum atomic E-state index is -0.356. The number of rotatable bonds is 16. The van der Waals surface area contributed by atoms with Gasteiger partial charge in [0.1, 0.15) is 24.5 Å². The third-order valence-corrected chi connectivity index (χ3v) is 10.3. The fourth-order valence-electron chi connectivity index (χ4n) is 7.07. The molecule has 6 rings (SSSR count). The number of hydrogen-bond acceptors (Lipinski definition) is 5. The van der Waals surface area contributed by atoms with Crippen LogP contribution in [0.1, 0.15) is 81.5 Å². The van der Waals surface area contributed by atoms with Crippen LogP contribution < -0.4 is 16.0 Å². The highest BCUT2D eigenvalue weighted by atomic mass is 16.5. The molecular formula is C43H52N7O4+. The van der Waals surface area contributed by atoms with Gasteiger partial charge in [0.15, 0.2) is 0 Å².